The van der Waals surface area contributed by atoms with E-state index in [4.69, 9.17) is 4.74 Å². The highest BCUT2D eigenvalue weighted by atomic mass is 16.5. The number of rotatable bonds is 3. The third-order valence-electron chi connectivity index (χ3n) is 5.78. The van der Waals surface area contributed by atoms with Crippen molar-refractivity contribution in [3.05, 3.63) is 65.4 Å². The summed E-state index contributed by atoms with van der Waals surface area (Å²) in [5, 5.41) is 3.14. The lowest BCUT2D eigenvalue weighted by molar-refractivity contribution is -0.117. The molecule has 4 rings (SSSR count). The summed E-state index contributed by atoms with van der Waals surface area (Å²) in [6, 6.07) is 15.0. The minimum atomic E-state index is -0.197. The lowest BCUT2D eigenvalue weighted by Crippen LogP contribution is -2.37. The second-order valence-corrected chi connectivity index (χ2v) is 7.99. The van der Waals surface area contributed by atoms with Gasteiger partial charge in [0, 0.05) is 18.7 Å². The second kappa shape index (κ2) is 8.11. The average Bonchev–Trinajstić information content (AvgIpc) is 2.74. The molecule has 0 spiro atoms. The van der Waals surface area contributed by atoms with E-state index in [1.807, 2.05) is 36.4 Å². The lowest BCUT2D eigenvalue weighted by atomic mass is 9.87. The predicted molar refractivity (Wildman–Crippen MR) is 114 cm³/mol. The van der Waals surface area contributed by atoms with Crippen molar-refractivity contribution in [2.75, 3.05) is 11.9 Å². The van der Waals surface area contributed by atoms with Crippen molar-refractivity contribution in [3.63, 3.8) is 0 Å². The number of hydrogen-bond acceptors (Lipinski definition) is 3. The lowest BCUT2D eigenvalue weighted by Gasteiger charge is -2.27. The number of hydrogen-bond donors (Lipinski definition) is 1. The van der Waals surface area contributed by atoms with Gasteiger partial charge >= 0.3 is 0 Å². The summed E-state index contributed by atoms with van der Waals surface area (Å²) in [5.74, 6) is 1.43. The van der Waals surface area contributed by atoms with Crippen LogP contribution in [0.3, 0.4) is 0 Å². The Bertz CT molecular complexity index is 941. The van der Waals surface area contributed by atoms with Gasteiger partial charge in [-0.25, -0.2) is 0 Å². The quantitative estimate of drug-likeness (QED) is 0.791. The van der Waals surface area contributed by atoms with Gasteiger partial charge in [-0.1, -0.05) is 31.2 Å². The van der Waals surface area contributed by atoms with Gasteiger partial charge in [0.15, 0.2) is 11.5 Å². The molecule has 5 heteroatoms. The molecule has 0 atom stereocenters. The summed E-state index contributed by atoms with van der Waals surface area (Å²) in [5.41, 5.74) is 2.19. The molecule has 1 N–H and O–H groups in total. The molecule has 2 amide bonds. The Labute approximate surface area is 171 Å². The molecule has 1 fully saturated rings. The molecule has 0 unspecified atom stereocenters. The van der Waals surface area contributed by atoms with Gasteiger partial charge < -0.3 is 15.0 Å². The zero-order valence-electron chi connectivity index (χ0n) is 16.9. The molecular weight excluding hydrogens is 364 g/mol. The SMILES string of the molecule is CC1CCC(NC(=O)c2ccc(/C=C3\Oc4ccccc4N(C)C3=O)cc2)CC1. The van der Waals surface area contributed by atoms with Crippen molar-refractivity contribution in [1.29, 1.82) is 0 Å². The molecule has 0 radical (unpaired) electrons. The summed E-state index contributed by atoms with van der Waals surface area (Å²) in [6.07, 6.45) is 6.14. The van der Waals surface area contributed by atoms with Crippen molar-refractivity contribution >= 4 is 23.6 Å². The molecule has 1 aliphatic carbocycles. The van der Waals surface area contributed by atoms with E-state index in [2.05, 4.69) is 12.2 Å². The topological polar surface area (TPSA) is 58.6 Å². The highest BCUT2D eigenvalue weighted by Gasteiger charge is 2.27. The van der Waals surface area contributed by atoms with Crippen LogP contribution in [0, 0.1) is 5.92 Å². The van der Waals surface area contributed by atoms with Crippen LogP contribution in [0.15, 0.2) is 54.3 Å². The Hall–Kier alpha value is -3.08. The first kappa shape index (κ1) is 19.2. The van der Waals surface area contributed by atoms with Crippen LogP contribution in [-0.4, -0.2) is 24.9 Å². The van der Waals surface area contributed by atoms with E-state index in [1.165, 1.54) is 12.8 Å². The zero-order chi connectivity index (χ0) is 20.4. The number of likely N-dealkylation sites (N-methyl/N-ethyl adjacent to an activating group) is 1. The van der Waals surface area contributed by atoms with Gasteiger partial charge in [0.05, 0.1) is 5.69 Å². The number of fused-ring (bicyclic) bond motifs is 1. The average molecular weight is 390 g/mol. The van der Waals surface area contributed by atoms with Crippen molar-refractivity contribution in [3.8, 4) is 5.75 Å². The smallest absolute Gasteiger partial charge is 0.293 e. The minimum absolute atomic E-state index is 0.0394. The molecule has 1 aliphatic heterocycles. The Balaban J connectivity index is 1.45. The first-order valence-corrected chi connectivity index (χ1v) is 10.2. The molecule has 1 saturated carbocycles. The number of carbonyl (C=O) groups excluding carboxylic acids is 2. The maximum Gasteiger partial charge on any atom is 0.293 e. The Morgan fingerprint density at radius 1 is 1.07 bits per heavy atom. The van der Waals surface area contributed by atoms with E-state index < -0.39 is 0 Å². The second-order valence-electron chi connectivity index (χ2n) is 7.99. The molecule has 5 nitrogen and oxygen atoms in total. The molecule has 2 aromatic rings. The molecular formula is C24H26N2O3. The first-order valence-electron chi connectivity index (χ1n) is 10.2. The number of carbonyl (C=O) groups is 2. The van der Waals surface area contributed by atoms with Gasteiger partial charge in [-0.05, 0) is 67.5 Å². The maximum absolute atomic E-state index is 12.6. The van der Waals surface area contributed by atoms with E-state index in [0.29, 0.717) is 11.3 Å². The highest BCUT2D eigenvalue weighted by Crippen LogP contribution is 2.34. The number of benzene rings is 2. The Kier molecular flexibility index (Phi) is 5.38. The van der Waals surface area contributed by atoms with Crippen molar-refractivity contribution in [2.24, 2.45) is 5.92 Å². The summed E-state index contributed by atoms with van der Waals surface area (Å²) < 4.78 is 5.80. The normalized spacial score (nSPS) is 22.8. The fourth-order valence-corrected chi connectivity index (χ4v) is 3.90. The van der Waals surface area contributed by atoms with Gasteiger partial charge in [-0.2, -0.15) is 0 Å². The van der Waals surface area contributed by atoms with Gasteiger partial charge in [0.2, 0.25) is 0 Å². The standard InChI is InChI=1S/C24H26N2O3/c1-16-7-13-19(14-8-16)25-23(27)18-11-9-17(10-12-18)15-22-24(28)26(2)20-5-3-4-6-21(20)29-22/h3-6,9-12,15-16,19H,7-8,13-14H2,1-2H3,(H,25,27)/b22-15-. The van der Waals surface area contributed by atoms with E-state index in [0.717, 1.165) is 30.0 Å². The van der Waals surface area contributed by atoms with E-state index in [9.17, 15) is 9.59 Å². The van der Waals surface area contributed by atoms with E-state index >= 15 is 0 Å². The van der Waals surface area contributed by atoms with Gasteiger partial charge in [-0.3, -0.25) is 9.59 Å². The van der Waals surface area contributed by atoms with Crippen LogP contribution in [-0.2, 0) is 4.79 Å². The molecule has 1 heterocycles. The third kappa shape index (κ3) is 4.19. The number of nitrogens with zero attached hydrogens (tertiary/aromatic N) is 1. The molecule has 0 aromatic heterocycles. The zero-order valence-corrected chi connectivity index (χ0v) is 16.9. The van der Waals surface area contributed by atoms with Crippen LogP contribution in [0.1, 0.15) is 48.5 Å². The van der Waals surface area contributed by atoms with E-state index in [-0.39, 0.29) is 23.6 Å². The van der Waals surface area contributed by atoms with Crippen molar-refractivity contribution < 1.29 is 14.3 Å². The van der Waals surface area contributed by atoms with Crippen LogP contribution in [0.25, 0.3) is 6.08 Å². The van der Waals surface area contributed by atoms with Crippen LogP contribution in [0.5, 0.6) is 5.75 Å². The third-order valence-corrected chi connectivity index (χ3v) is 5.78. The Morgan fingerprint density at radius 3 is 2.48 bits per heavy atom. The van der Waals surface area contributed by atoms with Gasteiger partial charge in [0.25, 0.3) is 11.8 Å². The summed E-state index contributed by atoms with van der Waals surface area (Å²) >= 11 is 0. The van der Waals surface area contributed by atoms with Gasteiger partial charge in [-0.15, -0.1) is 0 Å². The summed E-state index contributed by atoms with van der Waals surface area (Å²) in [4.78, 5) is 26.7. The molecule has 29 heavy (non-hydrogen) atoms. The monoisotopic (exact) mass is 390 g/mol. The van der Waals surface area contributed by atoms with Crippen LogP contribution < -0.4 is 15.0 Å². The number of anilines is 1. The Morgan fingerprint density at radius 2 is 1.76 bits per heavy atom. The molecule has 150 valence electrons. The number of para-hydroxylation sites is 2. The van der Waals surface area contributed by atoms with Gasteiger partial charge in [0.1, 0.15) is 0 Å². The largest absolute Gasteiger partial charge is 0.449 e. The fraction of sp³-hybridized carbons (Fsp3) is 0.333. The first-order chi connectivity index (χ1) is 14.0. The van der Waals surface area contributed by atoms with Crippen molar-refractivity contribution in [1.82, 2.24) is 5.32 Å². The minimum Gasteiger partial charge on any atom is -0.449 e. The summed E-state index contributed by atoms with van der Waals surface area (Å²) in [6.45, 7) is 2.27. The maximum atomic E-state index is 12.6. The van der Waals surface area contributed by atoms with Crippen LogP contribution in [0.2, 0.25) is 0 Å². The predicted octanol–water partition coefficient (Wildman–Crippen LogP) is 4.39. The molecule has 2 aromatic carbocycles. The van der Waals surface area contributed by atoms with Crippen LogP contribution in [0.4, 0.5) is 5.69 Å². The summed E-state index contributed by atoms with van der Waals surface area (Å²) in [7, 11) is 1.73. The fourth-order valence-electron chi connectivity index (χ4n) is 3.90. The number of nitrogens with one attached hydrogen (secondary N) is 1. The van der Waals surface area contributed by atoms with Crippen molar-refractivity contribution in [2.45, 2.75) is 38.6 Å². The van der Waals surface area contributed by atoms with E-state index in [1.54, 1.807) is 30.2 Å². The highest BCUT2D eigenvalue weighted by molar-refractivity contribution is 6.09. The molecule has 0 saturated heterocycles. The molecule has 0 bridgehead atoms. The number of ether oxygens (including phenoxy) is 1. The number of amides is 2. The van der Waals surface area contributed by atoms with Crippen LogP contribution >= 0.6 is 0 Å². The molecule has 2 aliphatic rings.